The van der Waals surface area contributed by atoms with Crippen molar-refractivity contribution in [3.63, 3.8) is 0 Å². The average molecular weight is 220 g/mol. The Balaban J connectivity index is 3.04. The van der Waals surface area contributed by atoms with Crippen molar-refractivity contribution in [1.29, 1.82) is 0 Å². The number of ether oxygens (including phenoxy) is 1. The Morgan fingerprint density at radius 1 is 1.46 bits per heavy atom. The topological polar surface area (TPSA) is 56.3 Å². The first-order valence-electron chi connectivity index (χ1n) is 3.36. The van der Waals surface area contributed by atoms with E-state index in [2.05, 4.69) is 4.98 Å². The maximum Gasteiger partial charge on any atom is 0.308 e. The molecule has 0 saturated carbocycles. The van der Waals surface area contributed by atoms with Gasteiger partial charge in [-0.3, -0.25) is 9.59 Å². The van der Waals surface area contributed by atoms with E-state index >= 15 is 0 Å². The molecule has 0 atom stereocenters. The first-order valence-corrected chi connectivity index (χ1v) is 4.56. The number of hydrogen-bond acceptors (Lipinski definition) is 5. The number of halogens is 1. The molecule has 4 nitrogen and oxygen atoms in total. The quantitative estimate of drug-likeness (QED) is 0.563. The second kappa shape index (κ2) is 3.85. The number of carbonyl (C=O) groups is 2. The van der Waals surface area contributed by atoms with Crippen molar-refractivity contribution in [3.8, 4) is 5.06 Å². The highest BCUT2D eigenvalue weighted by Crippen LogP contribution is 2.30. The van der Waals surface area contributed by atoms with Crippen LogP contribution in [0.1, 0.15) is 24.3 Å². The molecule has 0 amide bonds. The molecule has 0 bridgehead atoms. The molecule has 6 heteroatoms. The lowest BCUT2D eigenvalue weighted by molar-refractivity contribution is -0.131. The number of aromatic nitrogens is 1. The highest BCUT2D eigenvalue weighted by Gasteiger charge is 2.16. The molecule has 13 heavy (non-hydrogen) atoms. The Morgan fingerprint density at radius 3 is 2.54 bits per heavy atom. The second-order valence-electron chi connectivity index (χ2n) is 2.25. The van der Waals surface area contributed by atoms with Crippen LogP contribution in [0.15, 0.2) is 0 Å². The Labute approximate surface area is 83.5 Å². The summed E-state index contributed by atoms with van der Waals surface area (Å²) in [5.74, 6) is -0.776. The number of hydrogen-bond donors (Lipinski definition) is 0. The summed E-state index contributed by atoms with van der Waals surface area (Å²) in [7, 11) is 0. The minimum absolute atomic E-state index is 0.102. The monoisotopic (exact) mass is 219 g/mol. The Morgan fingerprint density at radius 2 is 2.08 bits per heavy atom. The standard InChI is InChI=1S/C7H6ClNO3S/c1-3(10)5-6(12-4(2)11)13-7(8)9-5/h1-2H3. The Bertz CT molecular complexity index is 361. The van der Waals surface area contributed by atoms with Crippen LogP contribution in [0.3, 0.4) is 0 Å². The smallest absolute Gasteiger partial charge is 0.308 e. The van der Waals surface area contributed by atoms with Gasteiger partial charge in [0.05, 0.1) is 0 Å². The molecule has 0 saturated heterocycles. The van der Waals surface area contributed by atoms with Gasteiger partial charge >= 0.3 is 5.97 Å². The number of rotatable bonds is 2. The van der Waals surface area contributed by atoms with Crippen LogP contribution in [0, 0.1) is 0 Å². The molecule has 0 fully saturated rings. The van der Waals surface area contributed by atoms with Gasteiger partial charge in [-0.2, -0.15) is 0 Å². The number of Topliss-reactive ketones (excluding diaryl/α,β-unsaturated/α-hetero) is 1. The van der Waals surface area contributed by atoms with Crippen LogP contribution in [0.4, 0.5) is 0 Å². The van der Waals surface area contributed by atoms with Gasteiger partial charge < -0.3 is 4.74 Å². The minimum atomic E-state index is -0.497. The molecule has 0 spiro atoms. The molecule has 1 aromatic rings. The van der Waals surface area contributed by atoms with Gasteiger partial charge in [-0.15, -0.1) is 0 Å². The largest absolute Gasteiger partial charge is 0.413 e. The highest BCUT2D eigenvalue weighted by atomic mass is 35.5. The van der Waals surface area contributed by atoms with Gasteiger partial charge in [0.15, 0.2) is 15.9 Å². The second-order valence-corrected chi connectivity index (χ2v) is 3.80. The summed E-state index contributed by atoms with van der Waals surface area (Å²) in [4.78, 5) is 25.3. The molecular formula is C7H6ClNO3S. The predicted octanol–water partition coefficient (Wildman–Crippen LogP) is 1.92. The summed E-state index contributed by atoms with van der Waals surface area (Å²) in [6, 6.07) is 0. The van der Waals surface area contributed by atoms with E-state index in [4.69, 9.17) is 16.3 Å². The molecule has 0 unspecified atom stereocenters. The number of ketones is 1. The molecule has 0 radical (unpaired) electrons. The zero-order valence-electron chi connectivity index (χ0n) is 6.96. The van der Waals surface area contributed by atoms with Crippen molar-refractivity contribution in [2.24, 2.45) is 0 Å². The van der Waals surface area contributed by atoms with Crippen LogP contribution in [-0.4, -0.2) is 16.7 Å². The third-order valence-corrected chi connectivity index (χ3v) is 2.18. The van der Waals surface area contributed by atoms with Crippen LogP contribution >= 0.6 is 22.9 Å². The Kier molecular flexibility index (Phi) is 3.00. The van der Waals surface area contributed by atoms with E-state index in [0.29, 0.717) is 0 Å². The van der Waals surface area contributed by atoms with Gasteiger partial charge in [0.2, 0.25) is 5.06 Å². The van der Waals surface area contributed by atoms with Gasteiger partial charge in [0.25, 0.3) is 0 Å². The highest BCUT2D eigenvalue weighted by molar-refractivity contribution is 7.17. The van der Waals surface area contributed by atoms with Gasteiger partial charge in [-0.1, -0.05) is 22.9 Å². The first kappa shape index (κ1) is 10.1. The number of thiazole rings is 1. The molecule has 1 aromatic heterocycles. The Hall–Kier alpha value is -0.940. The molecule has 70 valence electrons. The number of carbonyl (C=O) groups excluding carboxylic acids is 2. The summed E-state index contributed by atoms with van der Waals surface area (Å²) in [6.45, 7) is 2.58. The summed E-state index contributed by atoms with van der Waals surface area (Å²) in [5.41, 5.74) is 0.102. The molecule has 0 aromatic carbocycles. The fourth-order valence-electron chi connectivity index (χ4n) is 0.703. The third-order valence-electron chi connectivity index (χ3n) is 1.14. The van der Waals surface area contributed by atoms with Gasteiger partial charge in [-0.05, 0) is 0 Å². The predicted molar refractivity (Wildman–Crippen MR) is 48.4 cm³/mol. The fourth-order valence-corrected chi connectivity index (χ4v) is 1.73. The summed E-state index contributed by atoms with van der Waals surface area (Å²) >= 11 is 6.52. The van der Waals surface area contributed by atoms with Gasteiger partial charge in [-0.25, -0.2) is 4.98 Å². The van der Waals surface area contributed by atoms with Crippen molar-refractivity contribution >= 4 is 34.7 Å². The average Bonchev–Trinajstić information content (AvgIpc) is 2.29. The van der Waals surface area contributed by atoms with Crippen LogP contribution in [-0.2, 0) is 4.79 Å². The minimum Gasteiger partial charge on any atom is -0.413 e. The molecule has 0 N–H and O–H groups in total. The maximum atomic E-state index is 11.0. The fraction of sp³-hybridized carbons (Fsp3) is 0.286. The van der Waals surface area contributed by atoms with E-state index in [0.717, 1.165) is 11.3 Å². The number of esters is 1. The third kappa shape index (κ3) is 2.50. The zero-order chi connectivity index (χ0) is 10.0. The lowest BCUT2D eigenvalue weighted by Gasteiger charge is -1.96. The zero-order valence-corrected chi connectivity index (χ0v) is 8.53. The SMILES string of the molecule is CC(=O)Oc1sc(Cl)nc1C(C)=O. The van der Waals surface area contributed by atoms with E-state index in [9.17, 15) is 9.59 Å². The van der Waals surface area contributed by atoms with Crippen molar-refractivity contribution in [1.82, 2.24) is 4.98 Å². The van der Waals surface area contributed by atoms with Crippen molar-refractivity contribution < 1.29 is 14.3 Å². The van der Waals surface area contributed by atoms with Crippen LogP contribution in [0.2, 0.25) is 4.47 Å². The lowest BCUT2D eigenvalue weighted by Crippen LogP contribution is -2.04. The molecule has 0 aliphatic carbocycles. The lowest BCUT2D eigenvalue weighted by atomic mass is 10.3. The van der Waals surface area contributed by atoms with Crippen molar-refractivity contribution in [2.45, 2.75) is 13.8 Å². The summed E-state index contributed by atoms with van der Waals surface area (Å²) < 4.78 is 4.92. The summed E-state index contributed by atoms with van der Waals surface area (Å²) in [6.07, 6.45) is 0. The maximum absolute atomic E-state index is 11.0. The molecule has 1 heterocycles. The number of nitrogens with zero attached hydrogens (tertiary/aromatic N) is 1. The van der Waals surface area contributed by atoms with E-state index < -0.39 is 5.97 Å². The molecular weight excluding hydrogens is 214 g/mol. The van der Waals surface area contributed by atoms with Crippen LogP contribution < -0.4 is 4.74 Å². The van der Waals surface area contributed by atoms with Crippen LogP contribution in [0.5, 0.6) is 5.06 Å². The molecule has 1 rings (SSSR count). The normalized spacial score (nSPS) is 9.77. The molecule has 0 aliphatic heterocycles. The van der Waals surface area contributed by atoms with E-state index in [1.807, 2.05) is 0 Å². The van der Waals surface area contributed by atoms with Gasteiger partial charge in [0, 0.05) is 13.8 Å². The van der Waals surface area contributed by atoms with E-state index in [1.54, 1.807) is 0 Å². The summed E-state index contributed by atoms with van der Waals surface area (Å²) in [5, 5.41) is 0.157. The van der Waals surface area contributed by atoms with E-state index in [1.165, 1.54) is 13.8 Å². The van der Waals surface area contributed by atoms with Gasteiger partial charge in [0.1, 0.15) is 0 Å². The van der Waals surface area contributed by atoms with Crippen molar-refractivity contribution in [2.75, 3.05) is 0 Å². The van der Waals surface area contributed by atoms with Crippen LogP contribution in [0.25, 0.3) is 0 Å². The van der Waals surface area contributed by atoms with Crippen molar-refractivity contribution in [3.05, 3.63) is 10.2 Å². The van der Waals surface area contributed by atoms with E-state index in [-0.39, 0.29) is 21.0 Å². The molecule has 0 aliphatic rings. The first-order chi connectivity index (χ1) is 6.00.